The molecule has 2 heteroatoms. The summed E-state index contributed by atoms with van der Waals surface area (Å²) in [6.07, 6.45) is 0. The monoisotopic (exact) mass is 712 g/mol. The molecule has 0 radical (unpaired) electrons. The number of rotatable bonds is 4. The van der Waals surface area contributed by atoms with Gasteiger partial charge in [-0.05, 0) is 107 Å². The van der Waals surface area contributed by atoms with E-state index < -0.39 is 0 Å². The molecule has 0 unspecified atom stereocenters. The quantitative estimate of drug-likeness (QED) is 0.170. The number of furan rings is 2. The predicted octanol–water partition coefficient (Wildman–Crippen LogP) is 15.6. The Hall–Kier alpha value is -7.42. The molecule has 2 aromatic heterocycles. The van der Waals surface area contributed by atoms with Crippen molar-refractivity contribution in [2.24, 2.45) is 0 Å². The van der Waals surface area contributed by atoms with Crippen LogP contribution in [0.1, 0.15) is 0 Å². The second-order valence-corrected chi connectivity index (χ2v) is 14.7. The Kier molecular flexibility index (Phi) is 6.66. The highest BCUT2D eigenvalue weighted by molar-refractivity contribution is 6.25. The largest absolute Gasteiger partial charge is 0.456 e. The van der Waals surface area contributed by atoms with Crippen LogP contribution < -0.4 is 0 Å². The second-order valence-electron chi connectivity index (χ2n) is 14.7. The first-order valence-corrected chi connectivity index (χ1v) is 19.2. The fraction of sp³-hybridized carbons (Fsp3) is 0. The summed E-state index contributed by atoms with van der Waals surface area (Å²) in [7, 11) is 0. The van der Waals surface area contributed by atoms with Crippen molar-refractivity contribution in [2.75, 3.05) is 0 Å². The minimum absolute atomic E-state index is 0.892. The first-order valence-electron chi connectivity index (χ1n) is 19.2. The van der Waals surface area contributed by atoms with E-state index in [0.717, 1.165) is 55.0 Å². The number of hydrogen-bond donors (Lipinski definition) is 0. The topological polar surface area (TPSA) is 26.3 Å². The van der Waals surface area contributed by atoms with Gasteiger partial charge in [0.2, 0.25) is 0 Å². The summed E-state index contributed by atoms with van der Waals surface area (Å²) in [4.78, 5) is 0. The Labute approximate surface area is 322 Å². The molecule has 12 aromatic rings. The minimum atomic E-state index is 0.892. The van der Waals surface area contributed by atoms with Crippen LogP contribution in [0.2, 0.25) is 0 Å². The number of para-hydroxylation sites is 2. The van der Waals surface area contributed by atoms with E-state index in [4.69, 9.17) is 8.83 Å². The Morgan fingerprint density at radius 3 is 1.21 bits per heavy atom. The number of benzene rings is 10. The van der Waals surface area contributed by atoms with Crippen LogP contribution in [0.25, 0.3) is 121 Å². The molecular weight excluding hydrogens is 681 g/mol. The van der Waals surface area contributed by atoms with Gasteiger partial charge in [0.05, 0.1) is 0 Å². The molecule has 0 aliphatic heterocycles. The zero-order chi connectivity index (χ0) is 36.7. The predicted molar refractivity (Wildman–Crippen MR) is 235 cm³/mol. The molecule has 2 heterocycles. The summed E-state index contributed by atoms with van der Waals surface area (Å²) in [6.45, 7) is 0. The van der Waals surface area contributed by atoms with Crippen molar-refractivity contribution >= 4 is 76.2 Å². The molecule has 0 spiro atoms. The normalized spacial score (nSPS) is 11.9. The standard InChI is InChI=1S/C54H32O2/c1-2-14-33(15-3-1)34-30-31-43(36-17-5-4-16-35(34)36)52-41-22-10-20-37(39-24-12-28-50-53(39)44-18-6-8-26-48(44)55-50)46(41)32-47-38(21-11-23-42(47)52)40-25-13-29-51-54(40)45-19-7-9-27-49(45)56-51/h1-32H. The molecule has 0 N–H and O–H groups in total. The summed E-state index contributed by atoms with van der Waals surface area (Å²) in [6, 6.07) is 69.9. The average molecular weight is 713 g/mol. The van der Waals surface area contributed by atoms with Gasteiger partial charge in [-0.2, -0.15) is 0 Å². The van der Waals surface area contributed by atoms with Gasteiger partial charge in [-0.1, -0.05) is 164 Å². The van der Waals surface area contributed by atoms with Gasteiger partial charge in [-0.15, -0.1) is 0 Å². The first-order chi connectivity index (χ1) is 27.8. The molecule has 2 nitrogen and oxygen atoms in total. The lowest BCUT2D eigenvalue weighted by atomic mass is 9.83. The third-order valence-corrected chi connectivity index (χ3v) is 11.7. The van der Waals surface area contributed by atoms with Gasteiger partial charge in [0, 0.05) is 21.5 Å². The molecule has 0 saturated carbocycles. The highest BCUT2D eigenvalue weighted by Crippen LogP contribution is 2.48. The van der Waals surface area contributed by atoms with Crippen LogP contribution in [-0.2, 0) is 0 Å². The van der Waals surface area contributed by atoms with Gasteiger partial charge in [0.15, 0.2) is 0 Å². The molecule has 0 aliphatic carbocycles. The maximum Gasteiger partial charge on any atom is 0.136 e. The second kappa shape index (κ2) is 12.0. The zero-order valence-electron chi connectivity index (χ0n) is 30.3. The van der Waals surface area contributed by atoms with Crippen LogP contribution in [-0.4, -0.2) is 0 Å². The van der Waals surface area contributed by atoms with Gasteiger partial charge in [0.25, 0.3) is 0 Å². The molecule has 0 atom stereocenters. The highest BCUT2D eigenvalue weighted by atomic mass is 16.3. The smallest absolute Gasteiger partial charge is 0.136 e. The molecule has 0 bridgehead atoms. The SMILES string of the molecule is c1ccc(-c2ccc(-c3c4cccc(-c5cccc6oc7ccccc7c56)c4cc4c(-c5cccc6oc7ccccc7c56)cccc34)c3ccccc23)cc1. The van der Waals surface area contributed by atoms with E-state index in [2.05, 4.69) is 182 Å². The highest BCUT2D eigenvalue weighted by Gasteiger charge is 2.21. The van der Waals surface area contributed by atoms with E-state index in [1.807, 2.05) is 12.1 Å². The maximum atomic E-state index is 6.42. The van der Waals surface area contributed by atoms with E-state index in [1.165, 1.54) is 65.7 Å². The van der Waals surface area contributed by atoms with E-state index >= 15 is 0 Å². The molecule has 56 heavy (non-hydrogen) atoms. The third-order valence-electron chi connectivity index (χ3n) is 11.7. The lowest BCUT2D eigenvalue weighted by Crippen LogP contribution is -1.92. The molecule has 0 amide bonds. The maximum absolute atomic E-state index is 6.42. The molecule has 12 rings (SSSR count). The van der Waals surface area contributed by atoms with Crippen LogP contribution in [0.5, 0.6) is 0 Å². The Balaban J connectivity index is 1.24. The van der Waals surface area contributed by atoms with Gasteiger partial charge >= 0.3 is 0 Å². The lowest BCUT2D eigenvalue weighted by Gasteiger charge is -2.20. The first kappa shape index (κ1) is 31.0. The number of fused-ring (bicyclic) bond motifs is 9. The van der Waals surface area contributed by atoms with Gasteiger partial charge in [0.1, 0.15) is 22.3 Å². The van der Waals surface area contributed by atoms with Crippen molar-refractivity contribution in [3.8, 4) is 44.5 Å². The number of hydrogen-bond acceptors (Lipinski definition) is 2. The lowest BCUT2D eigenvalue weighted by molar-refractivity contribution is 0.668. The molecule has 0 saturated heterocycles. The average Bonchev–Trinajstić information content (AvgIpc) is 3.84. The summed E-state index contributed by atoms with van der Waals surface area (Å²) >= 11 is 0. The molecule has 10 aromatic carbocycles. The van der Waals surface area contributed by atoms with Crippen molar-refractivity contribution in [3.05, 3.63) is 194 Å². The van der Waals surface area contributed by atoms with Crippen LogP contribution in [0, 0.1) is 0 Å². The summed E-state index contributed by atoms with van der Waals surface area (Å²) < 4.78 is 12.8. The van der Waals surface area contributed by atoms with Crippen LogP contribution in [0.4, 0.5) is 0 Å². The van der Waals surface area contributed by atoms with E-state index in [9.17, 15) is 0 Å². The van der Waals surface area contributed by atoms with Crippen molar-refractivity contribution < 1.29 is 8.83 Å². The fourth-order valence-corrected chi connectivity index (χ4v) is 9.31. The minimum Gasteiger partial charge on any atom is -0.456 e. The zero-order valence-corrected chi connectivity index (χ0v) is 30.3. The van der Waals surface area contributed by atoms with Gasteiger partial charge in [-0.3, -0.25) is 0 Å². The third kappa shape index (κ3) is 4.50. The van der Waals surface area contributed by atoms with Crippen molar-refractivity contribution in [1.29, 1.82) is 0 Å². The van der Waals surface area contributed by atoms with Crippen molar-refractivity contribution in [2.45, 2.75) is 0 Å². The van der Waals surface area contributed by atoms with Crippen LogP contribution in [0.15, 0.2) is 203 Å². The molecule has 0 aliphatic rings. The Morgan fingerprint density at radius 1 is 0.232 bits per heavy atom. The van der Waals surface area contributed by atoms with Crippen LogP contribution >= 0.6 is 0 Å². The van der Waals surface area contributed by atoms with E-state index in [1.54, 1.807) is 0 Å². The molecular formula is C54H32O2. The fourth-order valence-electron chi connectivity index (χ4n) is 9.31. The van der Waals surface area contributed by atoms with Gasteiger partial charge in [-0.25, -0.2) is 0 Å². The van der Waals surface area contributed by atoms with Crippen molar-refractivity contribution in [3.63, 3.8) is 0 Å². The van der Waals surface area contributed by atoms with Gasteiger partial charge < -0.3 is 8.83 Å². The summed E-state index contributed by atoms with van der Waals surface area (Å²) in [5.74, 6) is 0. The molecule has 260 valence electrons. The summed E-state index contributed by atoms with van der Waals surface area (Å²) in [5.41, 5.74) is 13.1. The van der Waals surface area contributed by atoms with Crippen LogP contribution in [0.3, 0.4) is 0 Å². The Morgan fingerprint density at radius 2 is 0.643 bits per heavy atom. The molecule has 0 fully saturated rings. The van der Waals surface area contributed by atoms with E-state index in [0.29, 0.717) is 0 Å². The van der Waals surface area contributed by atoms with Crippen molar-refractivity contribution in [1.82, 2.24) is 0 Å². The Bertz CT molecular complexity index is 3360. The summed E-state index contributed by atoms with van der Waals surface area (Å²) in [5, 5.41) is 11.8. The van der Waals surface area contributed by atoms with E-state index in [-0.39, 0.29) is 0 Å².